The molecular formula is C16H33NO3. The zero-order valence-electron chi connectivity index (χ0n) is 13.9. The molecule has 0 heterocycles. The average molecular weight is 287 g/mol. The van der Waals surface area contributed by atoms with Crippen molar-refractivity contribution in [3.63, 3.8) is 0 Å². The topological polar surface area (TPSA) is 47.6 Å². The fourth-order valence-electron chi connectivity index (χ4n) is 2.03. The van der Waals surface area contributed by atoms with Gasteiger partial charge in [0, 0.05) is 6.04 Å². The number of esters is 1. The number of rotatable bonds is 12. The van der Waals surface area contributed by atoms with Crippen LogP contribution in [0.5, 0.6) is 0 Å². The number of carbonyl (C=O) groups excluding carboxylic acids is 1. The Morgan fingerprint density at radius 1 is 1.10 bits per heavy atom. The van der Waals surface area contributed by atoms with Crippen LogP contribution in [0.25, 0.3) is 0 Å². The fourth-order valence-corrected chi connectivity index (χ4v) is 2.03. The number of carbonyl (C=O) groups is 1. The summed E-state index contributed by atoms with van der Waals surface area (Å²) in [7, 11) is 0. The van der Waals surface area contributed by atoms with Gasteiger partial charge < -0.3 is 14.8 Å². The Morgan fingerprint density at radius 2 is 1.80 bits per heavy atom. The summed E-state index contributed by atoms with van der Waals surface area (Å²) in [6, 6.07) is -0.138. The lowest BCUT2D eigenvalue weighted by Crippen LogP contribution is -2.45. The highest BCUT2D eigenvalue weighted by Crippen LogP contribution is 2.08. The molecule has 20 heavy (non-hydrogen) atoms. The maximum absolute atomic E-state index is 11.8. The van der Waals surface area contributed by atoms with Gasteiger partial charge in [-0.05, 0) is 20.3 Å². The second-order valence-corrected chi connectivity index (χ2v) is 5.62. The van der Waals surface area contributed by atoms with Gasteiger partial charge in [0.15, 0.2) is 0 Å². The molecule has 0 fully saturated rings. The van der Waals surface area contributed by atoms with Crippen molar-refractivity contribution in [2.45, 2.75) is 84.9 Å². The van der Waals surface area contributed by atoms with Crippen LogP contribution in [0.15, 0.2) is 0 Å². The second kappa shape index (κ2) is 12.2. The smallest absolute Gasteiger partial charge is 0.325 e. The predicted octanol–water partition coefficient (Wildman–Crippen LogP) is 3.29. The normalized spacial score (nSPS) is 14.3. The first-order valence-corrected chi connectivity index (χ1v) is 8.05. The minimum Gasteiger partial charge on any atom is -0.465 e. The molecule has 4 nitrogen and oxygen atoms in total. The third-order valence-corrected chi connectivity index (χ3v) is 3.12. The first-order chi connectivity index (χ1) is 9.51. The van der Waals surface area contributed by atoms with E-state index >= 15 is 0 Å². The Bertz CT molecular complexity index is 244. The molecule has 0 rings (SSSR count). The number of ether oxygens (including phenoxy) is 2. The molecule has 0 amide bonds. The second-order valence-electron chi connectivity index (χ2n) is 5.62. The van der Waals surface area contributed by atoms with Gasteiger partial charge in [0.1, 0.15) is 6.04 Å². The summed E-state index contributed by atoms with van der Waals surface area (Å²) in [5.74, 6) is -0.223. The van der Waals surface area contributed by atoms with Gasteiger partial charge in [-0.15, -0.1) is 0 Å². The highest BCUT2D eigenvalue weighted by atomic mass is 16.5. The van der Waals surface area contributed by atoms with Gasteiger partial charge in [0.05, 0.1) is 19.3 Å². The number of hydrogen-bond donors (Lipinski definition) is 1. The number of nitrogens with one attached hydrogen (secondary N) is 1. The first-order valence-electron chi connectivity index (χ1n) is 8.05. The van der Waals surface area contributed by atoms with Gasteiger partial charge >= 0.3 is 5.97 Å². The number of unbranched alkanes of at least 4 members (excludes halogenated alkanes) is 3. The Kier molecular flexibility index (Phi) is 11.8. The van der Waals surface area contributed by atoms with E-state index in [9.17, 15) is 4.79 Å². The first kappa shape index (κ1) is 19.4. The van der Waals surface area contributed by atoms with E-state index < -0.39 is 0 Å². The molecule has 0 aromatic rings. The maximum Gasteiger partial charge on any atom is 0.325 e. The summed E-state index contributed by atoms with van der Waals surface area (Å²) in [6.07, 6.45) is 6.23. The molecule has 0 aliphatic carbocycles. The lowest BCUT2D eigenvalue weighted by Gasteiger charge is -2.22. The Morgan fingerprint density at radius 3 is 2.35 bits per heavy atom. The van der Waals surface area contributed by atoms with Crippen LogP contribution >= 0.6 is 0 Å². The molecule has 0 saturated heterocycles. The molecule has 0 spiro atoms. The molecule has 0 aromatic heterocycles. The van der Waals surface area contributed by atoms with Crippen molar-refractivity contribution in [2.75, 3.05) is 13.2 Å². The average Bonchev–Trinajstić information content (AvgIpc) is 2.39. The highest BCUT2D eigenvalue weighted by Gasteiger charge is 2.21. The van der Waals surface area contributed by atoms with Gasteiger partial charge in [-0.2, -0.15) is 0 Å². The summed E-state index contributed by atoms with van der Waals surface area (Å²) >= 11 is 0. The molecule has 0 bridgehead atoms. The van der Waals surface area contributed by atoms with E-state index in [4.69, 9.17) is 9.47 Å². The van der Waals surface area contributed by atoms with Gasteiger partial charge in [0.2, 0.25) is 0 Å². The summed E-state index contributed by atoms with van der Waals surface area (Å²) in [5.41, 5.74) is 0. The molecule has 2 unspecified atom stereocenters. The van der Waals surface area contributed by atoms with Crippen LogP contribution in [0.3, 0.4) is 0 Å². The number of hydrogen-bond acceptors (Lipinski definition) is 4. The maximum atomic E-state index is 11.8. The summed E-state index contributed by atoms with van der Waals surface area (Å²) in [6.45, 7) is 10.9. The third-order valence-electron chi connectivity index (χ3n) is 3.12. The third kappa shape index (κ3) is 10.2. The highest BCUT2D eigenvalue weighted by molar-refractivity contribution is 5.75. The van der Waals surface area contributed by atoms with E-state index in [0.29, 0.717) is 13.2 Å². The molecule has 2 atom stereocenters. The molecule has 0 aliphatic heterocycles. The largest absolute Gasteiger partial charge is 0.465 e. The van der Waals surface area contributed by atoms with Crippen molar-refractivity contribution in [2.24, 2.45) is 0 Å². The standard InChI is InChI=1S/C16H33NO3/c1-6-8-9-10-11-14(5)20-12-15(17-13(3)4)16(18)19-7-2/h13-15,17H,6-12H2,1-5H3. The zero-order chi connectivity index (χ0) is 15.4. The van der Waals surface area contributed by atoms with Crippen molar-refractivity contribution in [3.8, 4) is 0 Å². The minimum atomic E-state index is -0.368. The van der Waals surface area contributed by atoms with Gasteiger partial charge in [0.25, 0.3) is 0 Å². The van der Waals surface area contributed by atoms with Crippen LogP contribution < -0.4 is 5.32 Å². The van der Waals surface area contributed by atoms with E-state index in [1.165, 1.54) is 25.7 Å². The van der Waals surface area contributed by atoms with Gasteiger partial charge in [-0.3, -0.25) is 4.79 Å². The van der Waals surface area contributed by atoms with Crippen LogP contribution in [-0.4, -0.2) is 37.4 Å². The van der Waals surface area contributed by atoms with Crippen LogP contribution in [0.1, 0.15) is 66.7 Å². The van der Waals surface area contributed by atoms with Crippen molar-refractivity contribution < 1.29 is 14.3 Å². The monoisotopic (exact) mass is 287 g/mol. The molecular weight excluding hydrogens is 254 g/mol. The Balaban J connectivity index is 4.01. The van der Waals surface area contributed by atoms with E-state index in [0.717, 1.165) is 6.42 Å². The summed E-state index contributed by atoms with van der Waals surface area (Å²) in [4.78, 5) is 11.8. The lowest BCUT2D eigenvalue weighted by atomic mass is 10.1. The SMILES string of the molecule is CCCCCCC(C)OCC(NC(C)C)C(=O)OCC. The van der Waals surface area contributed by atoms with E-state index in [1.54, 1.807) is 0 Å². The predicted molar refractivity (Wildman–Crippen MR) is 82.9 cm³/mol. The van der Waals surface area contributed by atoms with Gasteiger partial charge in [-0.25, -0.2) is 0 Å². The molecule has 120 valence electrons. The molecule has 0 radical (unpaired) electrons. The van der Waals surface area contributed by atoms with Gasteiger partial charge in [-0.1, -0.05) is 46.5 Å². The molecule has 1 N–H and O–H groups in total. The quantitative estimate of drug-likeness (QED) is 0.442. The molecule has 4 heteroatoms. The fraction of sp³-hybridized carbons (Fsp3) is 0.938. The Hall–Kier alpha value is -0.610. The lowest BCUT2D eigenvalue weighted by molar-refractivity contribution is -0.148. The summed E-state index contributed by atoms with van der Waals surface area (Å²) < 4.78 is 10.9. The minimum absolute atomic E-state index is 0.192. The van der Waals surface area contributed by atoms with Crippen LogP contribution in [0, 0.1) is 0 Å². The molecule has 0 saturated carbocycles. The van der Waals surface area contributed by atoms with E-state index in [-0.39, 0.29) is 24.2 Å². The molecule has 0 aliphatic rings. The Labute approximate surface area is 124 Å². The zero-order valence-corrected chi connectivity index (χ0v) is 13.9. The van der Waals surface area contributed by atoms with Crippen molar-refractivity contribution in [1.82, 2.24) is 5.32 Å². The van der Waals surface area contributed by atoms with Crippen LogP contribution in [-0.2, 0) is 14.3 Å². The molecule has 0 aromatic carbocycles. The van der Waals surface area contributed by atoms with E-state index in [2.05, 4.69) is 19.2 Å². The van der Waals surface area contributed by atoms with Crippen molar-refractivity contribution in [1.29, 1.82) is 0 Å². The van der Waals surface area contributed by atoms with Crippen LogP contribution in [0.4, 0.5) is 0 Å². The summed E-state index contributed by atoms with van der Waals surface area (Å²) in [5, 5.41) is 3.20. The van der Waals surface area contributed by atoms with Crippen molar-refractivity contribution >= 4 is 5.97 Å². The van der Waals surface area contributed by atoms with Crippen molar-refractivity contribution in [3.05, 3.63) is 0 Å². The van der Waals surface area contributed by atoms with Crippen LogP contribution in [0.2, 0.25) is 0 Å². The van der Waals surface area contributed by atoms with E-state index in [1.807, 2.05) is 20.8 Å².